The van der Waals surface area contributed by atoms with Crippen molar-refractivity contribution in [2.75, 3.05) is 7.11 Å². The van der Waals surface area contributed by atoms with Gasteiger partial charge in [-0.05, 0) is 31.0 Å². The highest BCUT2D eigenvalue weighted by molar-refractivity contribution is 7.07. The molecule has 0 saturated carbocycles. The van der Waals surface area contributed by atoms with Crippen LogP contribution in [-0.4, -0.2) is 24.0 Å². The zero-order valence-corrected chi connectivity index (χ0v) is 14.5. The molecule has 0 aliphatic carbocycles. The maximum Gasteiger partial charge on any atom is 0.251 e. The molecule has 0 radical (unpaired) electrons. The van der Waals surface area contributed by atoms with Crippen molar-refractivity contribution in [3.8, 4) is 11.5 Å². The molecule has 1 heterocycles. The van der Waals surface area contributed by atoms with Crippen LogP contribution in [0.15, 0.2) is 29.1 Å². The summed E-state index contributed by atoms with van der Waals surface area (Å²) in [6.45, 7) is 4.49. The maximum absolute atomic E-state index is 12.3. The van der Waals surface area contributed by atoms with Gasteiger partial charge >= 0.3 is 0 Å². The first-order valence-corrected chi connectivity index (χ1v) is 8.60. The van der Waals surface area contributed by atoms with Gasteiger partial charge in [0.25, 0.3) is 5.91 Å². The second-order valence-electron chi connectivity index (χ2n) is 5.12. The summed E-state index contributed by atoms with van der Waals surface area (Å²) in [7, 11) is 1.56. The SMILES string of the molecule is CCC(CC)NC(=O)c1ccc(OCc2cscn2)c(OC)c1. The fraction of sp³-hybridized carbons (Fsp3) is 0.412. The lowest BCUT2D eigenvalue weighted by Crippen LogP contribution is -2.33. The standard InChI is InChI=1S/C17H22N2O3S/c1-4-13(5-2)19-17(20)12-6-7-15(16(8-12)21-3)22-9-14-10-23-11-18-14/h6-8,10-11,13H,4-5,9H2,1-3H3,(H,19,20). The summed E-state index contributed by atoms with van der Waals surface area (Å²) in [6, 6.07) is 5.40. The number of aromatic nitrogens is 1. The average Bonchev–Trinajstić information content (AvgIpc) is 3.10. The van der Waals surface area contributed by atoms with Crippen LogP contribution in [0.25, 0.3) is 0 Å². The number of rotatable bonds is 8. The van der Waals surface area contributed by atoms with E-state index in [1.807, 2.05) is 5.38 Å². The van der Waals surface area contributed by atoms with E-state index >= 15 is 0 Å². The molecular formula is C17H22N2O3S. The average molecular weight is 334 g/mol. The molecule has 2 rings (SSSR count). The highest BCUT2D eigenvalue weighted by Gasteiger charge is 2.14. The molecule has 0 atom stereocenters. The van der Waals surface area contributed by atoms with Crippen molar-refractivity contribution in [2.24, 2.45) is 0 Å². The minimum absolute atomic E-state index is 0.0944. The molecule has 5 nitrogen and oxygen atoms in total. The molecule has 1 aromatic carbocycles. The van der Waals surface area contributed by atoms with Crippen LogP contribution < -0.4 is 14.8 Å². The van der Waals surface area contributed by atoms with E-state index in [4.69, 9.17) is 9.47 Å². The number of ether oxygens (including phenoxy) is 2. The number of amides is 1. The molecule has 6 heteroatoms. The van der Waals surface area contributed by atoms with Gasteiger partial charge < -0.3 is 14.8 Å². The maximum atomic E-state index is 12.3. The highest BCUT2D eigenvalue weighted by atomic mass is 32.1. The Morgan fingerprint density at radius 3 is 2.70 bits per heavy atom. The molecule has 1 N–H and O–H groups in total. The van der Waals surface area contributed by atoms with E-state index in [-0.39, 0.29) is 11.9 Å². The topological polar surface area (TPSA) is 60.5 Å². The van der Waals surface area contributed by atoms with E-state index in [1.54, 1.807) is 30.8 Å². The van der Waals surface area contributed by atoms with Crippen molar-refractivity contribution in [3.05, 3.63) is 40.3 Å². The van der Waals surface area contributed by atoms with E-state index in [1.165, 1.54) is 11.3 Å². The lowest BCUT2D eigenvalue weighted by atomic mass is 10.1. The number of methoxy groups -OCH3 is 1. The Morgan fingerprint density at radius 1 is 1.30 bits per heavy atom. The number of nitrogens with zero attached hydrogens (tertiary/aromatic N) is 1. The number of carbonyl (C=O) groups excluding carboxylic acids is 1. The Morgan fingerprint density at radius 2 is 2.09 bits per heavy atom. The van der Waals surface area contributed by atoms with Crippen LogP contribution in [0.5, 0.6) is 11.5 Å². The van der Waals surface area contributed by atoms with Crippen LogP contribution in [0.2, 0.25) is 0 Å². The fourth-order valence-electron chi connectivity index (χ4n) is 2.15. The van der Waals surface area contributed by atoms with Gasteiger partial charge in [-0.1, -0.05) is 13.8 Å². The molecule has 0 saturated heterocycles. The zero-order chi connectivity index (χ0) is 16.7. The minimum Gasteiger partial charge on any atom is -0.493 e. The first kappa shape index (κ1) is 17.3. The zero-order valence-electron chi connectivity index (χ0n) is 13.7. The van der Waals surface area contributed by atoms with Crippen molar-refractivity contribution in [3.63, 3.8) is 0 Å². The molecule has 0 bridgehead atoms. The molecular weight excluding hydrogens is 312 g/mol. The molecule has 0 aliphatic heterocycles. The smallest absolute Gasteiger partial charge is 0.251 e. The van der Waals surface area contributed by atoms with Gasteiger partial charge in [0.15, 0.2) is 11.5 Å². The second-order valence-corrected chi connectivity index (χ2v) is 5.84. The van der Waals surface area contributed by atoms with Gasteiger partial charge in [-0.3, -0.25) is 4.79 Å². The van der Waals surface area contributed by atoms with Gasteiger partial charge in [-0.25, -0.2) is 4.98 Å². The summed E-state index contributed by atoms with van der Waals surface area (Å²) in [6.07, 6.45) is 1.82. The fourth-order valence-corrected chi connectivity index (χ4v) is 2.69. The number of thiazole rings is 1. The van der Waals surface area contributed by atoms with E-state index in [2.05, 4.69) is 24.1 Å². The van der Waals surface area contributed by atoms with Gasteiger partial charge in [-0.15, -0.1) is 11.3 Å². The van der Waals surface area contributed by atoms with Crippen molar-refractivity contribution >= 4 is 17.2 Å². The van der Waals surface area contributed by atoms with E-state index < -0.39 is 0 Å². The number of carbonyl (C=O) groups is 1. The van der Waals surface area contributed by atoms with Crippen molar-refractivity contribution < 1.29 is 14.3 Å². The summed E-state index contributed by atoms with van der Waals surface area (Å²) in [5.41, 5.74) is 3.20. The third kappa shape index (κ3) is 4.69. The summed E-state index contributed by atoms with van der Waals surface area (Å²) in [4.78, 5) is 16.5. The van der Waals surface area contributed by atoms with Gasteiger partial charge in [-0.2, -0.15) is 0 Å². The first-order valence-electron chi connectivity index (χ1n) is 7.66. The lowest BCUT2D eigenvalue weighted by Gasteiger charge is -2.16. The van der Waals surface area contributed by atoms with Crippen LogP contribution in [0.3, 0.4) is 0 Å². The Hall–Kier alpha value is -2.08. The molecule has 0 fully saturated rings. The minimum atomic E-state index is -0.0944. The van der Waals surface area contributed by atoms with Gasteiger partial charge in [0, 0.05) is 17.0 Å². The van der Waals surface area contributed by atoms with Crippen LogP contribution in [0.1, 0.15) is 42.7 Å². The van der Waals surface area contributed by atoms with Gasteiger partial charge in [0.05, 0.1) is 18.3 Å². The second kappa shape index (κ2) is 8.53. The Bertz CT molecular complexity index is 625. The number of hydrogen-bond donors (Lipinski definition) is 1. The molecule has 23 heavy (non-hydrogen) atoms. The summed E-state index contributed by atoms with van der Waals surface area (Å²) in [5, 5.41) is 4.95. The summed E-state index contributed by atoms with van der Waals surface area (Å²) < 4.78 is 11.1. The largest absolute Gasteiger partial charge is 0.493 e. The van der Waals surface area contributed by atoms with Crippen LogP contribution in [0, 0.1) is 0 Å². The van der Waals surface area contributed by atoms with Crippen molar-refractivity contribution in [1.82, 2.24) is 10.3 Å². The van der Waals surface area contributed by atoms with Gasteiger partial charge in [0.2, 0.25) is 0 Å². The van der Waals surface area contributed by atoms with Gasteiger partial charge in [0.1, 0.15) is 6.61 Å². The lowest BCUT2D eigenvalue weighted by molar-refractivity contribution is 0.0934. The van der Waals surface area contributed by atoms with Crippen LogP contribution in [0.4, 0.5) is 0 Å². The molecule has 0 aliphatic rings. The molecule has 124 valence electrons. The molecule has 2 aromatic rings. The third-order valence-corrected chi connectivity index (χ3v) is 4.24. The van der Waals surface area contributed by atoms with E-state index in [0.717, 1.165) is 18.5 Å². The molecule has 0 unspecified atom stereocenters. The normalized spacial score (nSPS) is 10.6. The summed E-state index contributed by atoms with van der Waals surface area (Å²) in [5.74, 6) is 1.04. The van der Waals surface area contributed by atoms with Crippen molar-refractivity contribution in [2.45, 2.75) is 39.3 Å². The number of nitrogens with one attached hydrogen (secondary N) is 1. The Balaban J connectivity index is 2.07. The molecule has 0 spiro atoms. The first-order chi connectivity index (χ1) is 11.2. The van der Waals surface area contributed by atoms with E-state index in [0.29, 0.717) is 23.7 Å². The van der Waals surface area contributed by atoms with Crippen LogP contribution in [-0.2, 0) is 6.61 Å². The van der Waals surface area contributed by atoms with Crippen LogP contribution >= 0.6 is 11.3 Å². The number of hydrogen-bond acceptors (Lipinski definition) is 5. The third-order valence-electron chi connectivity index (χ3n) is 3.61. The Labute approximate surface area is 140 Å². The molecule has 1 aromatic heterocycles. The quantitative estimate of drug-likeness (QED) is 0.800. The number of benzene rings is 1. The highest BCUT2D eigenvalue weighted by Crippen LogP contribution is 2.29. The summed E-state index contributed by atoms with van der Waals surface area (Å²) >= 11 is 1.53. The predicted molar refractivity (Wildman–Crippen MR) is 91.3 cm³/mol. The predicted octanol–water partition coefficient (Wildman–Crippen LogP) is 3.65. The molecule has 1 amide bonds. The monoisotopic (exact) mass is 334 g/mol. The van der Waals surface area contributed by atoms with Crippen molar-refractivity contribution in [1.29, 1.82) is 0 Å². The Kier molecular flexibility index (Phi) is 6.40. The van der Waals surface area contributed by atoms with E-state index in [9.17, 15) is 4.79 Å².